The Balaban J connectivity index is 1.62. The van der Waals surface area contributed by atoms with Gasteiger partial charge in [-0.2, -0.15) is 0 Å². The third-order valence-electron chi connectivity index (χ3n) is 5.11. The van der Waals surface area contributed by atoms with Crippen LogP contribution in [0.15, 0.2) is 56.8 Å². The van der Waals surface area contributed by atoms with E-state index in [1.165, 1.54) is 16.9 Å². The lowest BCUT2D eigenvalue weighted by Crippen LogP contribution is -2.15. The standard InChI is InChI=1S/C26H27Br2NO4S/c1-4-32-26(31)24-20(17-7-10-19(27)11-8-17)15-34-25(24)29-23(30)6-5-13-33-22-12-9-18(16(2)3)14-21(22)28/h7-12,14-16H,4-6,13H2,1-3H3,(H,29,30). The van der Waals surface area contributed by atoms with Gasteiger partial charge in [0.05, 0.1) is 17.7 Å². The fourth-order valence-electron chi connectivity index (χ4n) is 3.29. The number of carbonyl (C=O) groups excluding carboxylic acids is 2. The van der Waals surface area contributed by atoms with Gasteiger partial charge in [0.15, 0.2) is 0 Å². The molecule has 1 N–H and O–H groups in total. The quantitative estimate of drug-likeness (QED) is 0.187. The Labute approximate surface area is 221 Å². The van der Waals surface area contributed by atoms with Crippen LogP contribution < -0.4 is 10.1 Å². The molecule has 0 atom stereocenters. The molecule has 1 heterocycles. The predicted octanol–water partition coefficient (Wildman–Crippen LogP) is 8.04. The number of nitrogens with one attached hydrogen (secondary N) is 1. The van der Waals surface area contributed by atoms with Crippen molar-refractivity contribution in [1.29, 1.82) is 0 Å². The topological polar surface area (TPSA) is 64.6 Å². The van der Waals surface area contributed by atoms with E-state index in [1.54, 1.807) is 6.92 Å². The molecule has 180 valence electrons. The minimum atomic E-state index is -0.449. The van der Waals surface area contributed by atoms with Crippen LogP contribution in [0.5, 0.6) is 5.75 Å². The van der Waals surface area contributed by atoms with E-state index < -0.39 is 5.97 Å². The minimum absolute atomic E-state index is 0.174. The number of amides is 1. The second-order valence-electron chi connectivity index (χ2n) is 7.93. The normalized spacial score (nSPS) is 10.9. The van der Waals surface area contributed by atoms with Gasteiger partial charge >= 0.3 is 5.97 Å². The van der Waals surface area contributed by atoms with Crippen molar-refractivity contribution in [3.8, 4) is 16.9 Å². The van der Waals surface area contributed by atoms with Crippen LogP contribution in [0.4, 0.5) is 5.00 Å². The summed E-state index contributed by atoms with van der Waals surface area (Å²) < 4.78 is 12.9. The lowest BCUT2D eigenvalue weighted by Gasteiger charge is -2.12. The maximum absolute atomic E-state index is 12.7. The van der Waals surface area contributed by atoms with Gasteiger partial charge < -0.3 is 14.8 Å². The highest BCUT2D eigenvalue weighted by molar-refractivity contribution is 9.10. The van der Waals surface area contributed by atoms with Crippen molar-refractivity contribution in [2.45, 2.75) is 39.5 Å². The summed E-state index contributed by atoms with van der Waals surface area (Å²) in [6, 6.07) is 13.7. The summed E-state index contributed by atoms with van der Waals surface area (Å²) in [7, 11) is 0. The Kier molecular flexibility index (Phi) is 9.74. The summed E-state index contributed by atoms with van der Waals surface area (Å²) >= 11 is 8.30. The van der Waals surface area contributed by atoms with Crippen molar-refractivity contribution in [3.05, 3.63) is 67.9 Å². The number of thiophene rings is 1. The van der Waals surface area contributed by atoms with Gasteiger partial charge in [-0.1, -0.05) is 48.0 Å². The van der Waals surface area contributed by atoms with Gasteiger partial charge in [-0.3, -0.25) is 4.79 Å². The molecule has 0 spiro atoms. The molecule has 34 heavy (non-hydrogen) atoms. The number of benzene rings is 2. The zero-order chi connectivity index (χ0) is 24.7. The Morgan fingerprint density at radius 1 is 1.09 bits per heavy atom. The van der Waals surface area contributed by atoms with Gasteiger partial charge in [-0.05, 0) is 70.6 Å². The molecule has 1 aromatic heterocycles. The van der Waals surface area contributed by atoms with Crippen molar-refractivity contribution < 1.29 is 19.1 Å². The average Bonchev–Trinajstić information content (AvgIpc) is 3.21. The molecule has 3 rings (SSSR count). The Morgan fingerprint density at radius 2 is 1.82 bits per heavy atom. The predicted molar refractivity (Wildman–Crippen MR) is 145 cm³/mol. The minimum Gasteiger partial charge on any atom is -0.492 e. The van der Waals surface area contributed by atoms with Crippen molar-refractivity contribution in [2.24, 2.45) is 0 Å². The van der Waals surface area contributed by atoms with Gasteiger partial charge in [0.2, 0.25) is 5.91 Å². The molecule has 0 aliphatic carbocycles. The number of rotatable bonds is 10. The molecule has 0 aliphatic rings. The molecule has 3 aromatic rings. The van der Waals surface area contributed by atoms with Crippen molar-refractivity contribution >= 4 is 60.1 Å². The Bertz CT molecular complexity index is 1140. The zero-order valence-corrected chi connectivity index (χ0v) is 23.3. The molecule has 0 aliphatic heterocycles. The van der Waals surface area contributed by atoms with Gasteiger partial charge in [-0.25, -0.2) is 4.79 Å². The van der Waals surface area contributed by atoms with E-state index in [1.807, 2.05) is 41.8 Å². The molecule has 0 saturated heterocycles. The van der Waals surface area contributed by atoms with Gasteiger partial charge in [0.1, 0.15) is 16.3 Å². The number of carbonyl (C=O) groups is 2. The Hall–Kier alpha value is -2.16. The van der Waals surface area contributed by atoms with Crippen LogP contribution in [-0.2, 0) is 9.53 Å². The molecule has 8 heteroatoms. The van der Waals surface area contributed by atoms with E-state index in [0.29, 0.717) is 29.5 Å². The SMILES string of the molecule is CCOC(=O)c1c(-c2ccc(Br)cc2)csc1NC(=O)CCCOc1ccc(C(C)C)cc1Br. The number of esters is 1. The highest BCUT2D eigenvalue weighted by Gasteiger charge is 2.22. The molecular formula is C26H27Br2NO4S. The van der Waals surface area contributed by atoms with Gasteiger partial charge in [0.25, 0.3) is 0 Å². The fraction of sp³-hybridized carbons (Fsp3) is 0.308. The molecule has 0 bridgehead atoms. The highest BCUT2D eigenvalue weighted by atomic mass is 79.9. The summed E-state index contributed by atoms with van der Waals surface area (Å²) in [4.78, 5) is 25.3. The number of halogens is 2. The molecule has 0 saturated carbocycles. The summed E-state index contributed by atoms with van der Waals surface area (Å²) in [5, 5.41) is 5.25. The Morgan fingerprint density at radius 3 is 2.47 bits per heavy atom. The maximum Gasteiger partial charge on any atom is 0.341 e. The van der Waals surface area contributed by atoms with Gasteiger partial charge in [0, 0.05) is 21.8 Å². The molecule has 0 unspecified atom stereocenters. The van der Waals surface area contributed by atoms with Crippen LogP contribution in [0, 0.1) is 0 Å². The molecule has 0 fully saturated rings. The highest BCUT2D eigenvalue weighted by Crippen LogP contribution is 2.37. The van der Waals surface area contributed by atoms with Gasteiger partial charge in [-0.15, -0.1) is 11.3 Å². The first-order valence-electron chi connectivity index (χ1n) is 11.1. The number of hydrogen-bond acceptors (Lipinski definition) is 5. The molecule has 1 amide bonds. The summed E-state index contributed by atoms with van der Waals surface area (Å²) in [6.07, 6.45) is 0.819. The van der Waals surface area contributed by atoms with Crippen LogP contribution in [-0.4, -0.2) is 25.1 Å². The van der Waals surface area contributed by atoms with E-state index in [9.17, 15) is 9.59 Å². The zero-order valence-electron chi connectivity index (χ0n) is 19.3. The number of anilines is 1. The number of ether oxygens (including phenoxy) is 2. The monoisotopic (exact) mass is 607 g/mol. The first-order valence-corrected chi connectivity index (χ1v) is 13.5. The van der Waals surface area contributed by atoms with E-state index in [0.717, 1.165) is 25.8 Å². The van der Waals surface area contributed by atoms with Crippen LogP contribution >= 0.6 is 43.2 Å². The second kappa shape index (κ2) is 12.5. The molecular weight excluding hydrogens is 582 g/mol. The largest absolute Gasteiger partial charge is 0.492 e. The summed E-state index contributed by atoms with van der Waals surface area (Å²) in [6.45, 7) is 6.71. The third-order valence-corrected chi connectivity index (χ3v) is 7.15. The molecule has 0 radical (unpaired) electrons. The van der Waals surface area contributed by atoms with Crippen molar-refractivity contribution in [3.63, 3.8) is 0 Å². The summed E-state index contributed by atoms with van der Waals surface area (Å²) in [5.74, 6) is 0.574. The lowest BCUT2D eigenvalue weighted by molar-refractivity contribution is -0.116. The van der Waals surface area contributed by atoms with Crippen LogP contribution in [0.25, 0.3) is 11.1 Å². The lowest BCUT2D eigenvalue weighted by atomic mass is 10.0. The van der Waals surface area contributed by atoms with E-state index in [2.05, 4.69) is 57.1 Å². The summed E-state index contributed by atoms with van der Waals surface area (Å²) in [5.41, 5.74) is 3.23. The molecule has 5 nitrogen and oxygen atoms in total. The molecule has 2 aromatic carbocycles. The second-order valence-corrected chi connectivity index (χ2v) is 10.6. The number of hydrogen-bond donors (Lipinski definition) is 1. The first-order chi connectivity index (χ1) is 16.3. The van der Waals surface area contributed by atoms with Crippen molar-refractivity contribution in [2.75, 3.05) is 18.5 Å². The maximum atomic E-state index is 12.7. The first kappa shape index (κ1) is 26.4. The van der Waals surface area contributed by atoms with E-state index in [4.69, 9.17) is 9.47 Å². The van der Waals surface area contributed by atoms with E-state index >= 15 is 0 Å². The smallest absolute Gasteiger partial charge is 0.341 e. The van der Waals surface area contributed by atoms with Crippen LogP contribution in [0.1, 0.15) is 55.5 Å². The van der Waals surface area contributed by atoms with E-state index in [-0.39, 0.29) is 18.9 Å². The fourth-order valence-corrected chi connectivity index (χ4v) is 5.04. The van der Waals surface area contributed by atoms with Crippen LogP contribution in [0.2, 0.25) is 0 Å². The average molecular weight is 609 g/mol. The third kappa shape index (κ3) is 6.93. The van der Waals surface area contributed by atoms with Crippen molar-refractivity contribution in [1.82, 2.24) is 0 Å². The van der Waals surface area contributed by atoms with Crippen LogP contribution in [0.3, 0.4) is 0 Å².